The second kappa shape index (κ2) is 8.07. The average Bonchev–Trinajstić information content (AvgIpc) is 2.94. The van der Waals surface area contributed by atoms with Crippen LogP contribution in [0.4, 0.5) is 4.79 Å². The number of hydrogen-bond acceptors (Lipinski definition) is 4. The molecule has 6 nitrogen and oxygen atoms in total. The number of aryl methyl sites for hydroxylation is 2. The van der Waals surface area contributed by atoms with Crippen LogP contribution in [-0.2, 0) is 0 Å². The molecule has 0 saturated carbocycles. The predicted molar refractivity (Wildman–Crippen MR) is 95.7 cm³/mol. The Morgan fingerprint density at radius 1 is 1.32 bits per heavy atom. The fourth-order valence-electron chi connectivity index (χ4n) is 2.86. The van der Waals surface area contributed by atoms with Crippen molar-refractivity contribution in [2.24, 2.45) is 0 Å². The average molecular weight is 346 g/mol. The van der Waals surface area contributed by atoms with Gasteiger partial charge in [-0.3, -0.25) is 0 Å². The molecule has 0 fully saturated rings. The van der Waals surface area contributed by atoms with Gasteiger partial charge in [0.1, 0.15) is 17.3 Å². The number of nitrogens with zero attached hydrogens (tertiary/aromatic N) is 1. The lowest BCUT2D eigenvalue weighted by Gasteiger charge is -2.28. The molecule has 0 saturated heterocycles. The van der Waals surface area contributed by atoms with E-state index in [4.69, 9.17) is 9.15 Å². The fraction of sp³-hybridized carbons (Fsp3) is 0.421. The summed E-state index contributed by atoms with van der Waals surface area (Å²) in [6.07, 6.45) is 0. The number of aliphatic hydroxyl groups is 1. The lowest BCUT2D eigenvalue weighted by Crippen LogP contribution is -2.41. The van der Waals surface area contributed by atoms with Gasteiger partial charge in [0, 0.05) is 12.6 Å². The molecule has 0 aliphatic carbocycles. The van der Waals surface area contributed by atoms with Crippen LogP contribution in [0.5, 0.6) is 5.75 Å². The van der Waals surface area contributed by atoms with E-state index in [1.165, 1.54) is 4.90 Å². The quantitative estimate of drug-likeness (QED) is 0.841. The molecule has 0 aliphatic heterocycles. The third kappa shape index (κ3) is 4.33. The van der Waals surface area contributed by atoms with Gasteiger partial charge < -0.3 is 24.5 Å². The van der Waals surface area contributed by atoms with Gasteiger partial charge in [-0.2, -0.15) is 0 Å². The molecule has 1 heterocycles. The molecular formula is C19H26N2O4. The van der Waals surface area contributed by atoms with Gasteiger partial charge >= 0.3 is 6.03 Å². The zero-order chi connectivity index (χ0) is 18.6. The third-order valence-corrected chi connectivity index (χ3v) is 4.35. The Balaban J connectivity index is 2.09. The van der Waals surface area contributed by atoms with Crippen LogP contribution >= 0.6 is 0 Å². The van der Waals surface area contributed by atoms with Crippen molar-refractivity contribution >= 4 is 6.03 Å². The van der Waals surface area contributed by atoms with Crippen molar-refractivity contribution < 1.29 is 19.1 Å². The van der Waals surface area contributed by atoms with E-state index in [1.54, 1.807) is 14.2 Å². The molecule has 2 aromatic rings. The Hall–Kier alpha value is -2.47. The molecule has 6 heteroatoms. The maximum atomic E-state index is 12.6. The predicted octanol–water partition coefficient (Wildman–Crippen LogP) is 3.34. The standard InChI is InChI=1S/C19H26N2O4/c1-12-10-17(14(3)25-12)13(2)20-19(23)21(4)18(11-22)15-6-8-16(24-5)9-7-15/h6-10,13,18,22H,11H2,1-5H3,(H,20,23)/t13-,18+/m0/s1. The largest absolute Gasteiger partial charge is 0.497 e. The number of amides is 2. The fourth-order valence-corrected chi connectivity index (χ4v) is 2.86. The summed E-state index contributed by atoms with van der Waals surface area (Å²) in [7, 11) is 3.26. The minimum atomic E-state index is -0.440. The number of rotatable bonds is 6. The lowest BCUT2D eigenvalue weighted by molar-refractivity contribution is 0.148. The molecule has 2 atom stereocenters. The van der Waals surface area contributed by atoms with Gasteiger partial charge in [-0.25, -0.2) is 4.79 Å². The first-order chi connectivity index (χ1) is 11.9. The van der Waals surface area contributed by atoms with Gasteiger partial charge in [-0.1, -0.05) is 12.1 Å². The maximum absolute atomic E-state index is 12.6. The van der Waals surface area contributed by atoms with E-state index in [2.05, 4.69) is 5.32 Å². The number of benzene rings is 1. The Morgan fingerprint density at radius 3 is 2.44 bits per heavy atom. The molecule has 1 aromatic heterocycles. The highest BCUT2D eigenvalue weighted by atomic mass is 16.5. The third-order valence-electron chi connectivity index (χ3n) is 4.35. The first-order valence-corrected chi connectivity index (χ1v) is 8.22. The van der Waals surface area contributed by atoms with Crippen molar-refractivity contribution in [1.29, 1.82) is 0 Å². The molecule has 1 aromatic carbocycles. The van der Waals surface area contributed by atoms with E-state index < -0.39 is 6.04 Å². The summed E-state index contributed by atoms with van der Waals surface area (Å²) in [5.74, 6) is 2.34. The first kappa shape index (κ1) is 18.9. The van der Waals surface area contributed by atoms with Crippen molar-refractivity contribution in [2.75, 3.05) is 20.8 Å². The number of ether oxygens (including phenoxy) is 1. The zero-order valence-electron chi connectivity index (χ0n) is 15.4. The van der Waals surface area contributed by atoms with E-state index >= 15 is 0 Å². The van der Waals surface area contributed by atoms with Crippen LogP contribution in [0.25, 0.3) is 0 Å². The Bertz CT molecular complexity index is 709. The normalized spacial score (nSPS) is 13.2. The Kier molecular flexibility index (Phi) is 6.09. The summed E-state index contributed by atoms with van der Waals surface area (Å²) in [5, 5.41) is 12.7. The number of nitrogens with one attached hydrogen (secondary N) is 1. The van der Waals surface area contributed by atoms with E-state index in [-0.39, 0.29) is 18.7 Å². The van der Waals surface area contributed by atoms with Crippen LogP contribution in [0.2, 0.25) is 0 Å². The summed E-state index contributed by atoms with van der Waals surface area (Å²) in [5.41, 5.74) is 1.79. The van der Waals surface area contributed by atoms with Crippen LogP contribution in [0.1, 0.15) is 41.7 Å². The monoisotopic (exact) mass is 346 g/mol. The second-order valence-corrected chi connectivity index (χ2v) is 6.12. The van der Waals surface area contributed by atoms with Crippen LogP contribution in [0.3, 0.4) is 0 Å². The van der Waals surface area contributed by atoms with Crippen LogP contribution in [0, 0.1) is 13.8 Å². The molecule has 2 rings (SSSR count). The molecule has 0 aliphatic rings. The number of furan rings is 1. The molecule has 0 spiro atoms. The van der Waals surface area contributed by atoms with Crippen molar-refractivity contribution in [3.63, 3.8) is 0 Å². The highest BCUT2D eigenvalue weighted by molar-refractivity contribution is 5.75. The van der Waals surface area contributed by atoms with Crippen molar-refractivity contribution in [2.45, 2.75) is 32.9 Å². The number of methoxy groups -OCH3 is 1. The first-order valence-electron chi connectivity index (χ1n) is 8.22. The molecular weight excluding hydrogens is 320 g/mol. The number of carbonyl (C=O) groups is 1. The van der Waals surface area contributed by atoms with Gasteiger partial charge in [-0.05, 0) is 44.5 Å². The maximum Gasteiger partial charge on any atom is 0.318 e. The number of likely N-dealkylation sites (N-methyl/N-ethyl adjacent to an activating group) is 1. The molecule has 0 unspecified atom stereocenters. The van der Waals surface area contributed by atoms with Crippen LogP contribution in [0.15, 0.2) is 34.7 Å². The number of carbonyl (C=O) groups excluding carboxylic acids is 1. The molecule has 2 N–H and O–H groups in total. The topological polar surface area (TPSA) is 74.9 Å². The Labute approximate surface area is 148 Å². The summed E-state index contributed by atoms with van der Waals surface area (Å²) < 4.78 is 10.7. The molecule has 0 radical (unpaired) electrons. The van der Waals surface area contributed by atoms with E-state index in [0.29, 0.717) is 0 Å². The summed E-state index contributed by atoms with van der Waals surface area (Å²) in [6, 6.07) is 8.34. The smallest absolute Gasteiger partial charge is 0.318 e. The van der Waals surface area contributed by atoms with Crippen LogP contribution in [-0.4, -0.2) is 36.8 Å². The number of urea groups is 1. The van der Waals surface area contributed by atoms with Gasteiger partial charge in [0.15, 0.2) is 0 Å². The SMILES string of the molecule is COc1ccc([C@@H](CO)N(C)C(=O)N[C@@H](C)c2cc(C)oc2C)cc1. The van der Waals surface area contributed by atoms with E-state index in [9.17, 15) is 9.90 Å². The molecule has 0 bridgehead atoms. The van der Waals surface area contributed by atoms with Gasteiger partial charge in [0.05, 0.1) is 25.8 Å². The highest BCUT2D eigenvalue weighted by Gasteiger charge is 2.23. The van der Waals surface area contributed by atoms with Gasteiger partial charge in [0.25, 0.3) is 0 Å². The zero-order valence-corrected chi connectivity index (χ0v) is 15.4. The minimum Gasteiger partial charge on any atom is -0.497 e. The van der Waals surface area contributed by atoms with Crippen molar-refractivity contribution in [3.8, 4) is 5.75 Å². The van der Waals surface area contributed by atoms with Gasteiger partial charge in [0.2, 0.25) is 0 Å². The Morgan fingerprint density at radius 2 is 1.96 bits per heavy atom. The van der Waals surface area contributed by atoms with Gasteiger partial charge in [-0.15, -0.1) is 0 Å². The van der Waals surface area contributed by atoms with Crippen molar-refractivity contribution in [3.05, 3.63) is 53.0 Å². The number of aliphatic hydroxyl groups excluding tert-OH is 1. The number of hydrogen-bond donors (Lipinski definition) is 2. The highest BCUT2D eigenvalue weighted by Crippen LogP contribution is 2.24. The summed E-state index contributed by atoms with van der Waals surface area (Å²) in [6.45, 7) is 5.49. The molecule has 25 heavy (non-hydrogen) atoms. The lowest BCUT2D eigenvalue weighted by atomic mass is 10.1. The van der Waals surface area contributed by atoms with Crippen molar-refractivity contribution in [1.82, 2.24) is 10.2 Å². The van der Waals surface area contributed by atoms with E-state index in [1.807, 2.05) is 51.1 Å². The van der Waals surface area contributed by atoms with Crippen LogP contribution < -0.4 is 10.1 Å². The summed E-state index contributed by atoms with van der Waals surface area (Å²) >= 11 is 0. The minimum absolute atomic E-state index is 0.172. The molecule has 136 valence electrons. The second-order valence-electron chi connectivity index (χ2n) is 6.12. The summed E-state index contributed by atoms with van der Waals surface area (Å²) in [4.78, 5) is 14.1. The van der Waals surface area contributed by atoms with E-state index in [0.717, 1.165) is 28.4 Å². The molecule has 2 amide bonds.